The molecule has 8 heteroatoms. The van der Waals surface area contributed by atoms with E-state index < -0.39 is 10.0 Å². The third-order valence-electron chi connectivity index (χ3n) is 5.52. The topological polar surface area (TPSA) is 84.9 Å². The van der Waals surface area contributed by atoms with E-state index in [4.69, 9.17) is 9.47 Å². The van der Waals surface area contributed by atoms with Gasteiger partial charge in [-0.1, -0.05) is 29.8 Å². The number of carbonyl (C=O) groups is 1. The quantitative estimate of drug-likeness (QED) is 0.486. The maximum atomic E-state index is 12.9. The normalized spacial score (nSPS) is 12.0. The molecule has 0 spiro atoms. The third kappa shape index (κ3) is 6.08. The molecule has 1 N–H and O–H groups in total. The van der Waals surface area contributed by atoms with Gasteiger partial charge in [0.1, 0.15) is 11.5 Å². The lowest BCUT2D eigenvalue weighted by Gasteiger charge is -2.23. The average Bonchev–Trinajstić information content (AvgIpc) is 2.82. The standard InChI is InChI=1S/C26H30N2O5S/c1-18-6-8-20(9-7-18)17-28(34(5,30)31)22-12-10-21(11-13-22)26(29)27-19(2)24-16-23(32-3)14-15-25(24)33-4/h6-16,19H,17H2,1-5H3,(H,27,29). The number of aryl methyl sites for hydroxylation is 1. The van der Waals surface area contributed by atoms with Gasteiger partial charge in [-0.2, -0.15) is 0 Å². The van der Waals surface area contributed by atoms with Crippen LogP contribution in [0.5, 0.6) is 11.5 Å². The van der Waals surface area contributed by atoms with Gasteiger partial charge in [-0.3, -0.25) is 9.10 Å². The smallest absolute Gasteiger partial charge is 0.251 e. The number of hydrogen-bond donors (Lipinski definition) is 1. The van der Waals surface area contributed by atoms with E-state index in [1.165, 1.54) is 10.6 Å². The Morgan fingerprint density at radius 3 is 2.18 bits per heavy atom. The van der Waals surface area contributed by atoms with Gasteiger partial charge in [0.05, 0.1) is 38.7 Å². The van der Waals surface area contributed by atoms with Crippen LogP contribution < -0.4 is 19.1 Å². The van der Waals surface area contributed by atoms with Gasteiger partial charge < -0.3 is 14.8 Å². The Morgan fingerprint density at radius 2 is 1.62 bits per heavy atom. The van der Waals surface area contributed by atoms with E-state index >= 15 is 0 Å². The van der Waals surface area contributed by atoms with Crippen molar-refractivity contribution in [1.82, 2.24) is 5.32 Å². The molecule has 0 bridgehead atoms. The summed E-state index contributed by atoms with van der Waals surface area (Å²) in [6, 6.07) is 19.3. The van der Waals surface area contributed by atoms with Crippen LogP contribution in [0.2, 0.25) is 0 Å². The zero-order valence-corrected chi connectivity index (χ0v) is 20.8. The van der Waals surface area contributed by atoms with Crippen molar-refractivity contribution in [2.24, 2.45) is 0 Å². The number of nitrogens with zero attached hydrogens (tertiary/aromatic N) is 1. The largest absolute Gasteiger partial charge is 0.497 e. The van der Waals surface area contributed by atoms with Crippen LogP contribution in [-0.4, -0.2) is 34.8 Å². The fourth-order valence-corrected chi connectivity index (χ4v) is 4.46. The molecule has 0 aromatic heterocycles. The molecule has 0 saturated heterocycles. The Kier molecular flexibility index (Phi) is 7.83. The van der Waals surface area contributed by atoms with Crippen LogP contribution in [-0.2, 0) is 16.6 Å². The summed E-state index contributed by atoms with van der Waals surface area (Å²) < 4.78 is 36.9. The summed E-state index contributed by atoms with van der Waals surface area (Å²) in [4.78, 5) is 12.9. The van der Waals surface area contributed by atoms with Crippen molar-refractivity contribution in [2.45, 2.75) is 26.4 Å². The first-order valence-corrected chi connectivity index (χ1v) is 12.6. The number of hydrogen-bond acceptors (Lipinski definition) is 5. The van der Waals surface area contributed by atoms with Gasteiger partial charge in [-0.05, 0) is 61.9 Å². The zero-order chi connectivity index (χ0) is 24.9. The second kappa shape index (κ2) is 10.6. The van der Waals surface area contributed by atoms with Gasteiger partial charge in [0, 0.05) is 11.1 Å². The molecule has 34 heavy (non-hydrogen) atoms. The summed E-state index contributed by atoms with van der Waals surface area (Å²) in [6.07, 6.45) is 1.17. The average molecular weight is 483 g/mol. The second-order valence-corrected chi connectivity index (χ2v) is 10.0. The van der Waals surface area contributed by atoms with E-state index in [-0.39, 0.29) is 18.5 Å². The Labute approximate surface area is 201 Å². The number of sulfonamides is 1. The summed E-state index contributed by atoms with van der Waals surface area (Å²) in [6.45, 7) is 4.04. The highest BCUT2D eigenvalue weighted by Crippen LogP contribution is 2.29. The maximum absolute atomic E-state index is 12.9. The highest BCUT2D eigenvalue weighted by atomic mass is 32.2. The number of rotatable bonds is 9. The Balaban J connectivity index is 1.78. The lowest BCUT2D eigenvalue weighted by Crippen LogP contribution is -2.29. The van der Waals surface area contributed by atoms with E-state index in [9.17, 15) is 13.2 Å². The summed E-state index contributed by atoms with van der Waals surface area (Å²) >= 11 is 0. The predicted octanol–water partition coefficient (Wildman–Crippen LogP) is 4.47. The SMILES string of the molecule is COc1ccc(OC)c(C(C)NC(=O)c2ccc(N(Cc3ccc(C)cc3)S(C)(=O)=O)cc2)c1. The van der Waals surface area contributed by atoms with E-state index in [1.807, 2.05) is 44.2 Å². The van der Waals surface area contributed by atoms with Gasteiger partial charge in [0.15, 0.2) is 0 Å². The van der Waals surface area contributed by atoms with Gasteiger partial charge in [-0.15, -0.1) is 0 Å². The van der Waals surface area contributed by atoms with Gasteiger partial charge in [-0.25, -0.2) is 8.42 Å². The minimum absolute atomic E-state index is 0.206. The van der Waals surface area contributed by atoms with Crippen LogP contribution >= 0.6 is 0 Å². The van der Waals surface area contributed by atoms with Crippen molar-refractivity contribution in [3.05, 3.63) is 89.0 Å². The van der Waals surface area contributed by atoms with E-state index in [2.05, 4.69) is 5.32 Å². The summed E-state index contributed by atoms with van der Waals surface area (Å²) in [7, 11) is -0.371. The molecule has 3 aromatic rings. The first-order chi connectivity index (χ1) is 16.1. The van der Waals surface area contributed by atoms with Crippen molar-refractivity contribution in [3.63, 3.8) is 0 Å². The van der Waals surface area contributed by atoms with Crippen LogP contribution in [0.1, 0.15) is 40.0 Å². The Bertz CT molecular complexity index is 1240. The number of amides is 1. The van der Waals surface area contributed by atoms with Crippen molar-refractivity contribution in [2.75, 3.05) is 24.8 Å². The van der Waals surface area contributed by atoms with Gasteiger partial charge in [0.25, 0.3) is 5.91 Å². The molecule has 3 aromatic carbocycles. The minimum Gasteiger partial charge on any atom is -0.497 e. The molecule has 0 saturated carbocycles. The van der Waals surface area contributed by atoms with Crippen LogP contribution in [0, 0.1) is 6.92 Å². The number of benzene rings is 3. The number of anilines is 1. The van der Waals surface area contributed by atoms with E-state index in [1.54, 1.807) is 50.6 Å². The molecular weight excluding hydrogens is 452 g/mol. The highest BCUT2D eigenvalue weighted by molar-refractivity contribution is 7.92. The first kappa shape index (κ1) is 25.1. The number of nitrogens with one attached hydrogen (secondary N) is 1. The fraction of sp³-hybridized carbons (Fsp3) is 0.269. The molecule has 0 fully saturated rings. The number of ether oxygens (including phenoxy) is 2. The predicted molar refractivity (Wildman–Crippen MR) is 134 cm³/mol. The summed E-state index contributed by atoms with van der Waals surface area (Å²) in [5, 5.41) is 2.96. The van der Waals surface area contributed by atoms with Crippen molar-refractivity contribution < 1.29 is 22.7 Å². The van der Waals surface area contributed by atoms with Crippen LogP contribution in [0.4, 0.5) is 5.69 Å². The minimum atomic E-state index is -3.52. The molecular formula is C26H30N2O5S. The Hall–Kier alpha value is -3.52. The summed E-state index contributed by atoms with van der Waals surface area (Å²) in [5.41, 5.74) is 3.67. The number of carbonyl (C=O) groups excluding carboxylic acids is 1. The first-order valence-electron chi connectivity index (χ1n) is 10.8. The second-order valence-electron chi connectivity index (χ2n) is 8.11. The molecule has 7 nitrogen and oxygen atoms in total. The monoisotopic (exact) mass is 482 g/mol. The molecule has 1 atom stereocenters. The lowest BCUT2D eigenvalue weighted by atomic mass is 10.1. The maximum Gasteiger partial charge on any atom is 0.251 e. The summed E-state index contributed by atoms with van der Waals surface area (Å²) in [5.74, 6) is 1.02. The Morgan fingerprint density at radius 1 is 0.971 bits per heavy atom. The number of methoxy groups -OCH3 is 2. The highest BCUT2D eigenvalue weighted by Gasteiger charge is 2.20. The van der Waals surface area contributed by atoms with Crippen LogP contribution in [0.25, 0.3) is 0 Å². The van der Waals surface area contributed by atoms with E-state index in [0.717, 1.165) is 16.7 Å². The van der Waals surface area contributed by atoms with Crippen LogP contribution in [0.15, 0.2) is 66.7 Å². The molecule has 1 unspecified atom stereocenters. The molecule has 0 aliphatic heterocycles. The molecule has 1 amide bonds. The molecule has 0 aliphatic carbocycles. The van der Waals surface area contributed by atoms with E-state index in [0.29, 0.717) is 22.7 Å². The molecule has 0 aliphatic rings. The van der Waals surface area contributed by atoms with Crippen molar-refractivity contribution in [1.29, 1.82) is 0 Å². The molecule has 3 rings (SSSR count). The third-order valence-corrected chi connectivity index (χ3v) is 6.66. The van der Waals surface area contributed by atoms with Crippen LogP contribution in [0.3, 0.4) is 0 Å². The van der Waals surface area contributed by atoms with Gasteiger partial charge in [0.2, 0.25) is 10.0 Å². The van der Waals surface area contributed by atoms with Gasteiger partial charge >= 0.3 is 0 Å². The molecule has 180 valence electrons. The van der Waals surface area contributed by atoms with Crippen molar-refractivity contribution in [3.8, 4) is 11.5 Å². The lowest BCUT2D eigenvalue weighted by molar-refractivity contribution is 0.0939. The fourth-order valence-electron chi connectivity index (χ4n) is 3.57. The van der Waals surface area contributed by atoms with Crippen molar-refractivity contribution >= 4 is 21.6 Å². The molecule has 0 radical (unpaired) electrons. The molecule has 0 heterocycles. The zero-order valence-electron chi connectivity index (χ0n) is 20.0.